The Kier molecular flexibility index (Phi) is 6.21. The first-order chi connectivity index (χ1) is 13.3. The zero-order chi connectivity index (χ0) is 20.5. The summed E-state index contributed by atoms with van der Waals surface area (Å²) in [5, 5.41) is 0. The number of halogens is 2. The number of benzene rings is 2. The molecule has 0 spiro atoms. The van der Waals surface area contributed by atoms with E-state index >= 15 is 0 Å². The highest BCUT2D eigenvalue weighted by atomic mass is 79.9. The fourth-order valence-electron chi connectivity index (χ4n) is 3.49. The number of sulfonamides is 1. The molecule has 2 aromatic rings. The number of fused-ring (bicyclic) bond motifs is 1. The van der Waals surface area contributed by atoms with Gasteiger partial charge in [-0.15, -0.1) is 0 Å². The minimum atomic E-state index is -3.56. The van der Waals surface area contributed by atoms with Crippen molar-refractivity contribution >= 4 is 37.5 Å². The average Bonchev–Trinajstić information content (AvgIpc) is 2.66. The monoisotopic (exact) mass is 468 g/mol. The number of carbonyl (C=O) groups excluding carboxylic acids is 1. The molecule has 0 saturated heterocycles. The van der Waals surface area contributed by atoms with Crippen molar-refractivity contribution in [1.82, 2.24) is 4.31 Å². The highest BCUT2D eigenvalue weighted by Gasteiger charge is 2.27. The third-order valence-corrected chi connectivity index (χ3v) is 7.37. The summed E-state index contributed by atoms with van der Waals surface area (Å²) in [6, 6.07) is 8.96. The van der Waals surface area contributed by atoms with Crippen molar-refractivity contribution < 1.29 is 17.6 Å². The van der Waals surface area contributed by atoms with Crippen LogP contribution in [0.15, 0.2) is 45.8 Å². The Morgan fingerprint density at radius 1 is 1.18 bits per heavy atom. The first kappa shape index (κ1) is 21.0. The molecule has 8 heteroatoms. The highest BCUT2D eigenvalue weighted by molar-refractivity contribution is 9.10. The lowest BCUT2D eigenvalue weighted by Crippen LogP contribution is -2.36. The Morgan fingerprint density at radius 3 is 2.54 bits per heavy atom. The summed E-state index contributed by atoms with van der Waals surface area (Å²) >= 11 is 3.21. The molecule has 28 heavy (non-hydrogen) atoms. The van der Waals surface area contributed by atoms with Gasteiger partial charge in [-0.3, -0.25) is 4.79 Å². The van der Waals surface area contributed by atoms with Gasteiger partial charge in [0.2, 0.25) is 10.0 Å². The smallest absolute Gasteiger partial charge is 0.258 e. The lowest BCUT2D eigenvalue weighted by atomic mass is 10.0. The largest absolute Gasteiger partial charge is 0.308 e. The Hall–Kier alpha value is -1.77. The second kappa shape index (κ2) is 8.31. The predicted molar refractivity (Wildman–Crippen MR) is 111 cm³/mol. The molecule has 0 fully saturated rings. The van der Waals surface area contributed by atoms with Crippen molar-refractivity contribution in [2.45, 2.75) is 31.6 Å². The quantitative estimate of drug-likeness (QED) is 0.660. The summed E-state index contributed by atoms with van der Waals surface area (Å²) in [5.74, 6) is -0.795. The standard InChI is InChI=1S/C20H22BrFN2O3S/c1-3-23(4-2)28(26,27)18-7-8-19-14(12-18)6-5-9-24(19)20(25)15-10-16(21)13-17(22)11-15/h7-8,10-13H,3-6,9H2,1-2H3. The van der Waals surface area contributed by atoms with E-state index in [2.05, 4.69) is 15.9 Å². The molecule has 0 saturated carbocycles. The van der Waals surface area contributed by atoms with Gasteiger partial charge >= 0.3 is 0 Å². The van der Waals surface area contributed by atoms with Crippen LogP contribution in [0.5, 0.6) is 0 Å². The molecule has 2 aromatic carbocycles. The topological polar surface area (TPSA) is 57.7 Å². The Morgan fingerprint density at radius 2 is 1.89 bits per heavy atom. The number of hydrogen-bond acceptors (Lipinski definition) is 3. The molecule has 0 aliphatic carbocycles. The van der Waals surface area contributed by atoms with Crippen molar-refractivity contribution in [3.05, 3.63) is 57.8 Å². The van der Waals surface area contributed by atoms with E-state index in [1.807, 2.05) is 0 Å². The van der Waals surface area contributed by atoms with Gasteiger partial charge in [0.15, 0.2) is 0 Å². The molecule has 150 valence electrons. The number of rotatable bonds is 5. The summed E-state index contributed by atoms with van der Waals surface area (Å²) < 4.78 is 41.2. The Bertz CT molecular complexity index is 986. The average molecular weight is 469 g/mol. The minimum absolute atomic E-state index is 0.234. The number of hydrogen-bond donors (Lipinski definition) is 0. The third-order valence-electron chi connectivity index (χ3n) is 4.87. The molecule has 5 nitrogen and oxygen atoms in total. The molecule has 1 amide bonds. The van der Waals surface area contributed by atoms with Gasteiger partial charge in [-0.05, 0) is 54.8 Å². The lowest BCUT2D eigenvalue weighted by Gasteiger charge is -2.30. The van der Waals surface area contributed by atoms with Crippen LogP contribution in [0.1, 0.15) is 36.2 Å². The maximum atomic E-state index is 13.7. The molecular formula is C20H22BrFN2O3S. The molecule has 0 unspecified atom stereocenters. The van der Waals surface area contributed by atoms with Gasteiger partial charge in [0, 0.05) is 35.4 Å². The van der Waals surface area contributed by atoms with E-state index in [1.165, 1.54) is 16.4 Å². The summed E-state index contributed by atoms with van der Waals surface area (Å²) in [4.78, 5) is 14.8. The fraction of sp³-hybridized carbons (Fsp3) is 0.350. The predicted octanol–water partition coefficient (Wildman–Crippen LogP) is 4.21. The molecule has 0 radical (unpaired) electrons. The van der Waals surface area contributed by atoms with Crippen molar-refractivity contribution in [3.63, 3.8) is 0 Å². The normalized spacial score (nSPS) is 14.2. The van der Waals surface area contributed by atoms with Gasteiger partial charge in [0.1, 0.15) is 5.82 Å². The van der Waals surface area contributed by atoms with Crippen LogP contribution in [0.2, 0.25) is 0 Å². The zero-order valence-electron chi connectivity index (χ0n) is 15.8. The summed E-state index contributed by atoms with van der Waals surface area (Å²) in [6.45, 7) is 4.90. The number of amides is 1. The fourth-order valence-corrected chi connectivity index (χ4v) is 5.47. The minimum Gasteiger partial charge on any atom is -0.308 e. The van der Waals surface area contributed by atoms with Crippen LogP contribution in [0.25, 0.3) is 0 Å². The molecular weight excluding hydrogens is 447 g/mol. The first-order valence-electron chi connectivity index (χ1n) is 9.19. The van der Waals surface area contributed by atoms with Crippen LogP contribution in [0, 0.1) is 5.82 Å². The maximum absolute atomic E-state index is 13.7. The summed E-state index contributed by atoms with van der Waals surface area (Å²) in [7, 11) is -3.56. The molecule has 0 atom stereocenters. The molecule has 0 aromatic heterocycles. The molecule has 1 heterocycles. The van der Waals surface area contributed by atoms with Gasteiger partial charge in [0.25, 0.3) is 5.91 Å². The second-order valence-corrected chi connectivity index (χ2v) is 9.45. The van der Waals surface area contributed by atoms with Gasteiger partial charge < -0.3 is 4.90 Å². The molecule has 0 bridgehead atoms. The Labute approximate surface area is 173 Å². The number of anilines is 1. The van der Waals surface area contributed by atoms with E-state index in [0.717, 1.165) is 5.56 Å². The molecule has 1 aliphatic rings. The number of carbonyl (C=O) groups is 1. The lowest BCUT2D eigenvalue weighted by molar-refractivity contribution is 0.0984. The second-order valence-electron chi connectivity index (χ2n) is 6.60. The van der Waals surface area contributed by atoms with E-state index in [0.29, 0.717) is 42.6 Å². The first-order valence-corrected chi connectivity index (χ1v) is 11.4. The summed E-state index contributed by atoms with van der Waals surface area (Å²) in [6.07, 6.45) is 1.40. The van der Waals surface area contributed by atoms with Gasteiger partial charge in [-0.1, -0.05) is 29.8 Å². The van der Waals surface area contributed by atoms with E-state index < -0.39 is 15.8 Å². The number of aryl methyl sites for hydroxylation is 1. The summed E-state index contributed by atoms with van der Waals surface area (Å²) in [5.41, 5.74) is 1.73. The molecule has 1 aliphatic heterocycles. The molecule has 3 rings (SSSR count). The van der Waals surface area contributed by atoms with Crippen LogP contribution < -0.4 is 4.90 Å². The van der Waals surface area contributed by atoms with Crippen molar-refractivity contribution in [2.24, 2.45) is 0 Å². The number of nitrogens with zero attached hydrogens (tertiary/aromatic N) is 2. The van der Waals surface area contributed by atoms with Crippen LogP contribution in [0.4, 0.5) is 10.1 Å². The SMILES string of the molecule is CCN(CC)S(=O)(=O)c1ccc2c(c1)CCCN2C(=O)c1cc(F)cc(Br)c1. The zero-order valence-corrected chi connectivity index (χ0v) is 18.2. The maximum Gasteiger partial charge on any atom is 0.258 e. The van der Waals surface area contributed by atoms with Gasteiger partial charge in [-0.2, -0.15) is 4.31 Å². The third kappa shape index (κ3) is 3.99. The van der Waals surface area contributed by atoms with E-state index in [4.69, 9.17) is 0 Å². The van der Waals surface area contributed by atoms with Gasteiger partial charge in [-0.25, -0.2) is 12.8 Å². The van der Waals surface area contributed by atoms with Gasteiger partial charge in [0.05, 0.1) is 4.90 Å². The van der Waals surface area contributed by atoms with Crippen LogP contribution in [-0.4, -0.2) is 38.3 Å². The van der Waals surface area contributed by atoms with E-state index in [9.17, 15) is 17.6 Å². The van der Waals surface area contributed by atoms with Crippen LogP contribution >= 0.6 is 15.9 Å². The highest BCUT2D eigenvalue weighted by Crippen LogP contribution is 2.32. The van der Waals surface area contributed by atoms with E-state index in [1.54, 1.807) is 43.0 Å². The van der Waals surface area contributed by atoms with Crippen LogP contribution in [0.3, 0.4) is 0 Å². The Balaban J connectivity index is 1.98. The van der Waals surface area contributed by atoms with Crippen molar-refractivity contribution in [2.75, 3.05) is 24.5 Å². The van der Waals surface area contributed by atoms with E-state index in [-0.39, 0.29) is 16.4 Å². The molecule has 0 N–H and O–H groups in total. The van der Waals surface area contributed by atoms with Crippen LogP contribution in [-0.2, 0) is 16.4 Å². The van der Waals surface area contributed by atoms with Crippen molar-refractivity contribution in [3.8, 4) is 0 Å². The van der Waals surface area contributed by atoms with Crippen molar-refractivity contribution in [1.29, 1.82) is 0 Å².